The fourth-order valence-corrected chi connectivity index (χ4v) is 4.03. The second-order valence-electron chi connectivity index (χ2n) is 7.60. The third-order valence-corrected chi connectivity index (χ3v) is 5.54. The molecule has 0 bridgehead atoms. The van der Waals surface area contributed by atoms with Crippen LogP contribution in [0.4, 0.5) is 4.79 Å². The van der Waals surface area contributed by atoms with E-state index in [0.29, 0.717) is 13.0 Å². The van der Waals surface area contributed by atoms with E-state index in [1.54, 1.807) is 18.5 Å². The van der Waals surface area contributed by atoms with E-state index < -0.39 is 12.1 Å². The molecular weight excluding hydrogens is 382 g/mol. The molecule has 2 aliphatic heterocycles. The molecule has 8 nitrogen and oxygen atoms in total. The van der Waals surface area contributed by atoms with E-state index in [1.165, 1.54) is 9.80 Å². The molecule has 2 saturated heterocycles. The van der Waals surface area contributed by atoms with Crippen LogP contribution in [0.25, 0.3) is 0 Å². The largest absolute Gasteiger partial charge is 0.350 e. The Morgan fingerprint density at radius 2 is 1.93 bits per heavy atom. The van der Waals surface area contributed by atoms with Gasteiger partial charge in [-0.2, -0.15) is 0 Å². The molecule has 0 aliphatic carbocycles. The van der Waals surface area contributed by atoms with Gasteiger partial charge in [0.1, 0.15) is 12.6 Å². The van der Waals surface area contributed by atoms with E-state index in [9.17, 15) is 14.4 Å². The zero-order chi connectivity index (χ0) is 20.9. The van der Waals surface area contributed by atoms with Crippen molar-refractivity contribution in [1.29, 1.82) is 0 Å². The van der Waals surface area contributed by atoms with E-state index in [-0.39, 0.29) is 30.9 Å². The van der Waals surface area contributed by atoms with E-state index in [0.717, 1.165) is 24.1 Å². The molecule has 2 aliphatic rings. The van der Waals surface area contributed by atoms with E-state index in [1.807, 2.05) is 36.4 Å². The van der Waals surface area contributed by atoms with Gasteiger partial charge in [-0.3, -0.25) is 19.5 Å². The lowest BCUT2D eigenvalue weighted by Crippen LogP contribution is -2.70. The van der Waals surface area contributed by atoms with Crippen LogP contribution in [-0.2, 0) is 22.7 Å². The molecule has 4 rings (SSSR count). The van der Waals surface area contributed by atoms with Crippen molar-refractivity contribution in [2.24, 2.45) is 0 Å². The first kappa shape index (κ1) is 20.0. The zero-order valence-electron chi connectivity index (χ0n) is 16.7. The predicted octanol–water partition coefficient (Wildman–Crippen LogP) is 1.28. The molecular formula is C22H25N5O3. The van der Waals surface area contributed by atoms with E-state index >= 15 is 0 Å². The van der Waals surface area contributed by atoms with Crippen LogP contribution < -0.4 is 10.6 Å². The molecule has 1 aromatic carbocycles. The summed E-state index contributed by atoms with van der Waals surface area (Å²) in [5.41, 5.74) is 1.75. The van der Waals surface area contributed by atoms with Gasteiger partial charge in [-0.25, -0.2) is 4.79 Å². The van der Waals surface area contributed by atoms with Gasteiger partial charge in [0.25, 0.3) is 0 Å². The first-order chi connectivity index (χ1) is 14.6. The topological polar surface area (TPSA) is 94.6 Å². The summed E-state index contributed by atoms with van der Waals surface area (Å²) < 4.78 is 0. The normalized spacial score (nSPS) is 21.3. The van der Waals surface area contributed by atoms with Gasteiger partial charge in [-0.05, 0) is 36.6 Å². The molecule has 0 radical (unpaired) electrons. The van der Waals surface area contributed by atoms with Gasteiger partial charge in [-0.1, -0.05) is 36.4 Å². The van der Waals surface area contributed by atoms with E-state index in [2.05, 4.69) is 15.6 Å². The van der Waals surface area contributed by atoms with Gasteiger partial charge in [0.2, 0.25) is 11.8 Å². The lowest BCUT2D eigenvalue weighted by atomic mass is 9.93. The number of urea groups is 1. The van der Waals surface area contributed by atoms with Crippen LogP contribution in [-0.4, -0.2) is 57.8 Å². The number of pyridine rings is 1. The number of nitrogens with one attached hydrogen (secondary N) is 2. The molecule has 30 heavy (non-hydrogen) atoms. The number of fused-ring (bicyclic) bond motifs is 1. The number of carbonyl (C=O) groups is 3. The van der Waals surface area contributed by atoms with Crippen molar-refractivity contribution < 1.29 is 14.4 Å². The highest BCUT2D eigenvalue weighted by Crippen LogP contribution is 2.25. The third kappa shape index (κ3) is 4.33. The summed E-state index contributed by atoms with van der Waals surface area (Å²) in [6.07, 6.45) is 4.83. The Morgan fingerprint density at radius 1 is 1.13 bits per heavy atom. The molecule has 2 unspecified atom stereocenters. The standard InChI is InChI=1S/C22H25N5O3/c28-19(25-13-16-6-2-1-3-7-16)15-26-18-9-5-11-24-20(18)21(29)27(22(26)30)14-17-8-4-10-23-12-17/h1-4,6-8,10,12,18,20,24H,5,9,11,13-15H2,(H,25,28). The van der Waals surface area contributed by atoms with Crippen LogP contribution in [0.15, 0.2) is 54.9 Å². The summed E-state index contributed by atoms with van der Waals surface area (Å²) in [6.45, 7) is 1.17. The summed E-state index contributed by atoms with van der Waals surface area (Å²) in [5.74, 6) is -0.485. The molecule has 8 heteroatoms. The maximum absolute atomic E-state index is 13.2. The highest BCUT2D eigenvalue weighted by atomic mass is 16.2. The van der Waals surface area contributed by atoms with Gasteiger partial charge in [0.05, 0.1) is 12.6 Å². The van der Waals surface area contributed by atoms with E-state index in [4.69, 9.17) is 0 Å². The zero-order valence-corrected chi connectivity index (χ0v) is 16.7. The smallest absolute Gasteiger partial charge is 0.327 e. The van der Waals surface area contributed by atoms with Crippen LogP contribution >= 0.6 is 0 Å². The predicted molar refractivity (Wildman–Crippen MR) is 110 cm³/mol. The van der Waals surface area contributed by atoms with Crippen LogP contribution in [0, 0.1) is 0 Å². The molecule has 2 aromatic rings. The first-order valence-corrected chi connectivity index (χ1v) is 10.2. The van der Waals surface area contributed by atoms with Crippen molar-refractivity contribution in [3.05, 3.63) is 66.0 Å². The SMILES string of the molecule is O=C(CN1C(=O)N(Cc2cccnc2)C(=O)C2NCCCC21)NCc1ccccc1. The molecule has 2 N–H and O–H groups in total. The molecule has 4 amide bonds. The van der Waals surface area contributed by atoms with Gasteiger partial charge in [0.15, 0.2) is 0 Å². The second-order valence-corrected chi connectivity index (χ2v) is 7.60. The summed E-state index contributed by atoms with van der Waals surface area (Å²) in [4.78, 5) is 45.7. The Kier molecular flexibility index (Phi) is 6.04. The number of imide groups is 1. The summed E-state index contributed by atoms with van der Waals surface area (Å²) >= 11 is 0. The number of hydrogen-bond acceptors (Lipinski definition) is 5. The molecule has 1 aromatic heterocycles. The van der Waals surface area contributed by atoms with Crippen molar-refractivity contribution in [3.8, 4) is 0 Å². The van der Waals surface area contributed by atoms with Gasteiger partial charge in [0, 0.05) is 18.9 Å². The fraction of sp³-hybridized carbons (Fsp3) is 0.364. The monoisotopic (exact) mass is 407 g/mol. The maximum Gasteiger partial charge on any atom is 0.327 e. The minimum atomic E-state index is -0.491. The first-order valence-electron chi connectivity index (χ1n) is 10.2. The Balaban J connectivity index is 1.48. The quantitative estimate of drug-likeness (QED) is 0.752. The lowest BCUT2D eigenvalue weighted by Gasteiger charge is -2.46. The minimum Gasteiger partial charge on any atom is -0.350 e. The number of carbonyl (C=O) groups excluding carboxylic acids is 3. The van der Waals surface area contributed by atoms with Crippen molar-refractivity contribution in [3.63, 3.8) is 0 Å². The number of nitrogens with zero attached hydrogens (tertiary/aromatic N) is 3. The number of rotatable bonds is 6. The molecule has 3 heterocycles. The van der Waals surface area contributed by atoms with Gasteiger partial charge < -0.3 is 15.5 Å². The average Bonchev–Trinajstić information content (AvgIpc) is 2.79. The molecule has 0 saturated carbocycles. The van der Waals surface area contributed by atoms with Crippen LogP contribution in [0.2, 0.25) is 0 Å². The lowest BCUT2D eigenvalue weighted by molar-refractivity contribution is -0.139. The number of benzene rings is 1. The number of aromatic nitrogens is 1. The van der Waals surface area contributed by atoms with Gasteiger partial charge in [-0.15, -0.1) is 0 Å². The van der Waals surface area contributed by atoms with Crippen LogP contribution in [0.3, 0.4) is 0 Å². The second kappa shape index (κ2) is 9.04. The summed E-state index contributed by atoms with van der Waals surface area (Å²) in [7, 11) is 0. The molecule has 2 fully saturated rings. The van der Waals surface area contributed by atoms with Crippen LogP contribution in [0.1, 0.15) is 24.0 Å². The highest BCUT2D eigenvalue weighted by molar-refractivity contribution is 6.01. The molecule has 2 atom stereocenters. The highest BCUT2D eigenvalue weighted by Gasteiger charge is 2.47. The third-order valence-electron chi connectivity index (χ3n) is 5.54. The van der Waals surface area contributed by atoms with Crippen molar-refractivity contribution in [2.75, 3.05) is 13.1 Å². The summed E-state index contributed by atoms with van der Waals surface area (Å²) in [5, 5.41) is 6.11. The summed E-state index contributed by atoms with van der Waals surface area (Å²) in [6, 6.07) is 12.0. The number of amides is 4. The Morgan fingerprint density at radius 3 is 2.70 bits per heavy atom. The Hall–Kier alpha value is -3.26. The maximum atomic E-state index is 13.2. The van der Waals surface area contributed by atoms with Crippen LogP contribution in [0.5, 0.6) is 0 Å². The van der Waals surface area contributed by atoms with Crippen molar-refractivity contribution in [1.82, 2.24) is 25.4 Å². The number of hydrogen-bond donors (Lipinski definition) is 2. The number of piperidine rings is 1. The minimum absolute atomic E-state index is 0.0780. The molecule has 0 spiro atoms. The fourth-order valence-electron chi connectivity index (χ4n) is 4.03. The molecule has 156 valence electrons. The average molecular weight is 407 g/mol. The van der Waals surface area contributed by atoms with Gasteiger partial charge >= 0.3 is 6.03 Å². The van der Waals surface area contributed by atoms with Crippen molar-refractivity contribution >= 4 is 17.8 Å². The van der Waals surface area contributed by atoms with Crippen molar-refractivity contribution in [2.45, 2.75) is 38.0 Å². The Bertz CT molecular complexity index is 906. The Labute approximate surface area is 175 Å².